The monoisotopic (exact) mass is 395 g/mol. The highest BCUT2D eigenvalue weighted by molar-refractivity contribution is 7.99. The lowest BCUT2D eigenvalue weighted by Crippen LogP contribution is -2.23. The zero-order chi connectivity index (χ0) is 19.0. The fourth-order valence-corrected chi connectivity index (χ4v) is 5.89. The van der Waals surface area contributed by atoms with Gasteiger partial charge in [0.05, 0.1) is 17.1 Å². The number of thioether (sulfide) groups is 1. The first-order valence-electron chi connectivity index (χ1n) is 9.25. The minimum absolute atomic E-state index is 0.0332. The minimum Gasteiger partial charge on any atom is -0.268 e. The molecule has 1 aliphatic rings. The second-order valence-corrected chi connectivity index (χ2v) is 9.12. The second-order valence-electron chi connectivity index (χ2n) is 6.97. The fourth-order valence-electron chi connectivity index (χ4n) is 3.74. The lowest BCUT2D eigenvalue weighted by molar-refractivity contribution is 0.699. The molecule has 0 atom stereocenters. The number of aromatic nitrogens is 2. The van der Waals surface area contributed by atoms with Crippen molar-refractivity contribution in [2.24, 2.45) is 0 Å². The lowest BCUT2D eigenvalue weighted by atomic mass is 9.97. The Morgan fingerprint density at radius 1 is 1.30 bits per heavy atom. The van der Waals surface area contributed by atoms with Gasteiger partial charge in [-0.1, -0.05) is 29.5 Å². The van der Waals surface area contributed by atoms with Crippen LogP contribution < -0.4 is 5.56 Å². The van der Waals surface area contributed by atoms with Crippen LogP contribution in [0.1, 0.15) is 40.8 Å². The molecule has 3 aromatic rings. The van der Waals surface area contributed by atoms with Gasteiger partial charge in [-0.15, -0.1) is 11.3 Å². The predicted octanol–water partition coefficient (Wildman–Crippen LogP) is 4.95. The van der Waals surface area contributed by atoms with Crippen molar-refractivity contribution in [1.82, 2.24) is 9.55 Å². The van der Waals surface area contributed by atoms with E-state index in [1.807, 2.05) is 19.1 Å². The molecule has 0 radical (unpaired) electrons. The standard InChI is InChI=1S/C21H21N3OS2/c1-13-8-9-16(14(2)12-13)24-20(25)18-15-6-3-4-7-17(15)27-19(18)23-21(24)26-11-5-10-22/h8-9,12H,3-7,11H2,1-2H3. The minimum atomic E-state index is 0.0332. The van der Waals surface area contributed by atoms with Gasteiger partial charge >= 0.3 is 0 Å². The average Bonchev–Trinajstić information content (AvgIpc) is 3.02. The Hall–Kier alpha value is -2.10. The number of hydrogen-bond acceptors (Lipinski definition) is 5. The SMILES string of the molecule is Cc1ccc(-n2c(SCCC#N)nc3sc4c(c3c2=O)CCCC4)c(C)c1. The van der Waals surface area contributed by atoms with Crippen LogP contribution in [0.3, 0.4) is 0 Å². The van der Waals surface area contributed by atoms with Crippen molar-refractivity contribution in [3.63, 3.8) is 0 Å². The van der Waals surface area contributed by atoms with Crippen molar-refractivity contribution in [2.75, 3.05) is 5.75 Å². The molecule has 0 N–H and O–H groups in total. The van der Waals surface area contributed by atoms with E-state index in [4.69, 9.17) is 10.2 Å². The fraction of sp³-hybridized carbons (Fsp3) is 0.381. The molecule has 6 heteroatoms. The van der Waals surface area contributed by atoms with Crippen LogP contribution in [0.4, 0.5) is 0 Å². The molecule has 4 nitrogen and oxygen atoms in total. The van der Waals surface area contributed by atoms with Crippen LogP contribution in [-0.2, 0) is 12.8 Å². The highest BCUT2D eigenvalue weighted by Gasteiger charge is 2.23. The van der Waals surface area contributed by atoms with Gasteiger partial charge in [-0.3, -0.25) is 9.36 Å². The molecule has 27 heavy (non-hydrogen) atoms. The van der Waals surface area contributed by atoms with Crippen LogP contribution in [0.5, 0.6) is 0 Å². The van der Waals surface area contributed by atoms with Gasteiger partial charge in [0.2, 0.25) is 0 Å². The molecule has 0 unspecified atom stereocenters. The Bertz CT molecular complexity index is 1120. The van der Waals surface area contributed by atoms with E-state index in [2.05, 4.69) is 19.1 Å². The summed E-state index contributed by atoms with van der Waals surface area (Å²) in [6, 6.07) is 8.31. The third kappa shape index (κ3) is 3.30. The van der Waals surface area contributed by atoms with Crippen LogP contribution in [0.15, 0.2) is 28.2 Å². The maximum Gasteiger partial charge on any atom is 0.267 e. The zero-order valence-corrected chi connectivity index (χ0v) is 17.2. The average molecular weight is 396 g/mol. The van der Waals surface area contributed by atoms with Gasteiger partial charge < -0.3 is 0 Å². The molecule has 0 amide bonds. The summed E-state index contributed by atoms with van der Waals surface area (Å²) in [7, 11) is 0. The van der Waals surface area contributed by atoms with Gasteiger partial charge in [-0.25, -0.2) is 4.98 Å². The Kier molecular flexibility index (Phi) is 5.07. The Balaban J connectivity index is 1.98. The zero-order valence-electron chi connectivity index (χ0n) is 15.5. The summed E-state index contributed by atoms with van der Waals surface area (Å²) in [6.45, 7) is 4.09. The van der Waals surface area contributed by atoms with E-state index in [0.717, 1.165) is 40.7 Å². The maximum absolute atomic E-state index is 13.6. The lowest BCUT2D eigenvalue weighted by Gasteiger charge is -2.15. The number of nitrogens with zero attached hydrogens (tertiary/aromatic N) is 3. The van der Waals surface area contributed by atoms with Crippen LogP contribution in [-0.4, -0.2) is 15.3 Å². The second kappa shape index (κ2) is 7.49. The van der Waals surface area contributed by atoms with E-state index in [1.54, 1.807) is 15.9 Å². The summed E-state index contributed by atoms with van der Waals surface area (Å²) < 4.78 is 1.76. The topological polar surface area (TPSA) is 58.7 Å². The summed E-state index contributed by atoms with van der Waals surface area (Å²) in [4.78, 5) is 20.7. The van der Waals surface area contributed by atoms with E-state index < -0.39 is 0 Å². The van der Waals surface area contributed by atoms with E-state index in [1.165, 1.54) is 34.2 Å². The van der Waals surface area contributed by atoms with Crippen LogP contribution in [0.25, 0.3) is 15.9 Å². The van der Waals surface area contributed by atoms with Gasteiger partial charge in [0, 0.05) is 17.1 Å². The van der Waals surface area contributed by atoms with Crippen molar-refractivity contribution in [1.29, 1.82) is 5.26 Å². The Morgan fingerprint density at radius 3 is 2.89 bits per heavy atom. The molecule has 1 aliphatic carbocycles. The first kappa shape index (κ1) is 18.3. The van der Waals surface area contributed by atoms with E-state index in [0.29, 0.717) is 17.3 Å². The van der Waals surface area contributed by atoms with Crippen molar-refractivity contribution in [2.45, 2.75) is 51.1 Å². The number of aryl methyl sites for hydroxylation is 4. The van der Waals surface area contributed by atoms with Crippen LogP contribution in [0, 0.1) is 25.2 Å². The third-order valence-corrected chi connectivity index (χ3v) is 7.12. The van der Waals surface area contributed by atoms with E-state index >= 15 is 0 Å². The van der Waals surface area contributed by atoms with Crippen LogP contribution in [0.2, 0.25) is 0 Å². The number of rotatable bonds is 4. The van der Waals surface area contributed by atoms with Crippen molar-refractivity contribution in [3.05, 3.63) is 50.1 Å². The van der Waals surface area contributed by atoms with Crippen molar-refractivity contribution < 1.29 is 0 Å². The largest absolute Gasteiger partial charge is 0.268 e. The maximum atomic E-state index is 13.6. The number of hydrogen-bond donors (Lipinski definition) is 0. The molecule has 0 saturated carbocycles. The van der Waals surface area contributed by atoms with Gasteiger partial charge in [-0.05, 0) is 56.7 Å². The smallest absolute Gasteiger partial charge is 0.267 e. The number of fused-ring (bicyclic) bond motifs is 3. The van der Waals surface area contributed by atoms with Crippen molar-refractivity contribution in [3.8, 4) is 11.8 Å². The molecule has 2 aromatic heterocycles. The molecule has 0 spiro atoms. The number of benzene rings is 1. The first-order valence-corrected chi connectivity index (χ1v) is 11.0. The van der Waals surface area contributed by atoms with Gasteiger partial charge in [0.25, 0.3) is 5.56 Å². The van der Waals surface area contributed by atoms with Crippen molar-refractivity contribution >= 4 is 33.3 Å². The Labute approximate surface area is 166 Å². The molecule has 0 bridgehead atoms. The van der Waals surface area contributed by atoms with Gasteiger partial charge in [0.15, 0.2) is 5.16 Å². The summed E-state index contributed by atoms with van der Waals surface area (Å²) >= 11 is 3.17. The first-order chi connectivity index (χ1) is 13.1. The Morgan fingerprint density at radius 2 is 2.11 bits per heavy atom. The summed E-state index contributed by atoms with van der Waals surface area (Å²) in [5.41, 5.74) is 4.36. The molecular formula is C21H21N3OS2. The molecule has 0 fully saturated rings. The third-order valence-electron chi connectivity index (χ3n) is 5.00. The quantitative estimate of drug-likeness (QED) is 0.356. The molecule has 138 valence electrons. The molecule has 0 aliphatic heterocycles. The summed E-state index contributed by atoms with van der Waals surface area (Å²) in [5.74, 6) is 0.629. The predicted molar refractivity (Wildman–Crippen MR) is 112 cm³/mol. The molecule has 0 saturated heterocycles. The number of nitriles is 1. The van der Waals surface area contributed by atoms with E-state index in [-0.39, 0.29) is 5.56 Å². The normalized spacial score (nSPS) is 13.5. The molecule has 4 rings (SSSR count). The highest BCUT2D eigenvalue weighted by atomic mass is 32.2. The van der Waals surface area contributed by atoms with Crippen LogP contribution >= 0.6 is 23.1 Å². The van der Waals surface area contributed by atoms with E-state index in [9.17, 15) is 4.79 Å². The molecule has 1 aromatic carbocycles. The van der Waals surface area contributed by atoms with Gasteiger partial charge in [0.1, 0.15) is 4.83 Å². The summed E-state index contributed by atoms with van der Waals surface area (Å²) in [6.07, 6.45) is 4.79. The highest BCUT2D eigenvalue weighted by Crippen LogP contribution is 2.35. The molecule has 2 heterocycles. The number of thiophene rings is 1. The molecular weight excluding hydrogens is 374 g/mol. The summed E-state index contributed by atoms with van der Waals surface area (Å²) in [5, 5.41) is 10.4. The van der Waals surface area contributed by atoms with Gasteiger partial charge in [-0.2, -0.15) is 5.26 Å².